The molecule has 8 nitrogen and oxygen atoms in total. The third kappa shape index (κ3) is 3.98. The van der Waals surface area contributed by atoms with Crippen molar-refractivity contribution in [2.45, 2.75) is 50.2 Å². The second-order valence-electron chi connectivity index (χ2n) is 9.61. The van der Waals surface area contributed by atoms with Crippen molar-refractivity contribution < 1.29 is 13.9 Å². The van der Waals surface area contributed by atoms with Gasteiger partial charge in [-0.2, -0.15) is 10.4 Å². The number of hydrogen-bond donors (Lipinski definition) is 0. The molecule has 0 spiro atoms. The molecule has 0 radical (unpaired) electrons. The number of carbonyl (C=O) groups excluding carboxylic acids is 1. The number of rotatable bonds is 4. The normalized spacial score (nSPS) is 22.1. The van der Waals surface area contributed by atoms with Gasteiger partial charge in [-0.15, -0.1) is 0 Å². The van der Waals surface area contributed by atoms with Gasteiger partial charge < -0.3 is 9.64 Å². The molecule has 35 heavy (non-hydrogen) atoms. The maximum absolute atomic E-state index is 15.1. The lowest BCUT2D eigenvalue weighted by Crippen LogP contribution is -2.36. The van der Waals surface area contributed by atoms with E-state index in [9.17, 15) is 4.79 Å². The summed E-state index contributed by atoms with van der Waals surface area (Å²) < 4.78 is 23.1. The zero-order chi connectivity index (χ0) is 24.1. The minimum Gasteiger partial charge on any atom is -0.373 e. The lowest BCUT2D eigenvalue weighted by molar-refractivity contribution is 0.00387. The van der Waals surface area contributed by atoms with Gasteiger partial charge in [-0.25, -0.2) is 14.4 Å². The number of amides is 1. The third-order valence-electron chi connectivity index (χ3n) is 7.19. The van der Waals surface area contributed by atoms with Crippen LogP contribution in [0.25, 0.3) is 11.3 Å². The molecule has 2 atom stereocenters. The van der Waals surface area contributed by atoms with Gasteiger partial charge in [0.15, 0.2) is 0 Å². The average Bonchev–Trinajstić information content (AvgIpc) is 3.62. The molecule has 1 saturated heterocycles. The summed E-state index contributed by atoms with van der Waals surface area (Å²) >= 11 is 0. The first-order chi connectivity index (χ1) is 17.0. The standard InChI is InChI=1S/C26H25FN6O2/c1-32-8-6-20-23(19-5-2-15(12-28)10-21(19)27)30-25(31-24(20)26(32)34)16-7-9-35-22(11-16)17-13-29-33(14-17)18-3-4-18/h2,5,10,13-14,16,18,22H,3-4,6-9,11H2,1H3/t16-,22+/m1/s1. The van der Waals surface area contributed by atoms with Crippen LogP contribution in [0.5, 0.6) is 0 Å². The lowest BCUT2D eigenvalue weighted by Gasteiger charge is -2.30. The summed E-state index contributed by atoms with van der Waals surface area (Å²) in [4.78, 5) is 24.3. The highest BCUT2D eigenvalue weighted by molar-refractivity contribution is 5.96. The number of fused-ring (bicyclic) bond motifs is 1. The quantitative estimate of drug-likeness (QED) is 0.570. The molecule has 0 N–H and O–H groups in total. The second kappa shape index (κ2) is 8.54. The number of nitriles is 1. The summed E-state index contributed by atoms with van der Waals surface area (Å²) in [6.07, 6.45) is 8.05. The van der Waals surface area contributed by atoms with Crippen molar-refractivity contribution in [3.63, 3.8) is 0 Å². The molecule has 1 aliphatic carbocycles. The van der Waals surface area contributed by atoms with Crippen molar-refractivity contribution in [3.05, 3.63) is 64.6 Å². The molecule has 6 rings (SSSR count). The number of ether oxygens (including phenoxy) is 1. The molecule has 0 bridgehead atoms. The highest BCUT2D eigenvalue weighted by Crippen LogP contribution is 2.40. The number of halogens is 1. The lowest BCUT2D eigenvalue weighted by atomic mass is 9.91. The molecule has 4 heterocycles. The van der Waals surface area contributed by atoms with Crippen LogP contribution in [0.4, 0.5) is 4.39 Å². The summed E-state index contributed by atoms with van der Waals surface area (Å²) in [5, 5.41) is 13.6. The van der Waals surface area contributed by atoms with E-state index in [1.807, 2.05) is 16.9 Å². The van der Waals surface area contributed by atoms with Crippen LogP contribution < -0.4 is 0 Å². The fourth-order valence-electron chi connectivity index (χ4n) is 4.98. The molecule has 1 saturated carbocycles. The van der Waals surface area contributed by atoms with Gasteiger partial charge >= 0.3 is 0 Å². The Morgan fingerprint density at radius 3 is 2.80 bits per heavy atom. The molecule has 2 aliphatic heterocycles. The van der Waals surface area contributed by atoms with Crippen LogP contribution in [-0.4, -0.2) is 50.8 Å². The molecular formula is C26H25FN6O2. The van der Waals surface area contributed by atoms with Crippen molar-refractivity contribution in [2.75, 3.05) is 20.2 Å². The molecule has 0 unspecified atom stereocenters. The van der Waals surface area contributed by atoms with E-state index in [0.717, 1.165) is 18.4 Å². The summed E-state index contributed by atoms with van der Waals surface area (Å²) in [5.41, 5.74) is 3.01. The summed E-state index contributed by atoms with van der Waals surface area (Å²) in [6.45, 7) is 1.06. The fourth-order valence-corrected chi connectivity index (χ4v) is 4.98. The molecule has 3 aromatic rings. The SMILES string of the molecule is CN1CCc2c(nc([C@@H]3CCO[C@H](c4cnn(C5CC5)c4)C3)nc2-c2ccc(C#N)cc2F)C1=O. The maximum atomic E-state index is 15.1. The van der Waals surface area contributed by atoms with Gasteiger partial charge in [0.2, 0.25) is 0 Å². The predicted octanol–water partition coefficient (Wildman–Crippen LogP) is 3.95. The van der Waals surface area contributed by atoms with Gasteiger partial charge in [0, 0.05) is 49.0 Å². The van der Waals surface area contributed by atoms with E-state index < -0.39 is 5.82 Å². The van der Waals surface area contributed by atoms with Crippen molar-refractivity contribution in [1.29, 1.82) is 5.26 Å². The summed E-state index contributed by atoms with van der Waals surface area (Å²) in [7, 11) is 1.75. The Labute approximate surface area is 202 Å². The molecule has 1 amide bonds. The zero-order valence-corrected chi connectivity index (χ0v) is 19.4. The highest BCUT2D eigenvalue weighted by atomic mass is 19.1. The van der Waals surface area contributed by atoms with Crippen LogP contribution in [0.2, 0.25) is 0 Å². The van der Waals surface area contributed by atoms with Crippen LogP contribution in [0.1, 0.15) is 76.8 Å². The number of carbonyl (C=O) groups is 1. The zero-order valence-electron chi connectivity index (χ0n) is 19.4. The van der Waals surface area contributed by atoms with Crippen molar-refractivity contribution in [1.82, 2.24) is 24.6 Å². The maximum Gasteiger partial charge on any atom is 0.272 e. The third-order valence-corrected chi connectivity index (χ3v) is 7.19. The summed E-state index contributed by atoms with van der Waals surface area (Å²) in [5.74, 6) is -0.211. The first-order valence-corrected chi connectivity index (χ1v) is 12.0. The van der Waals surface area contributed by atoms with Crippen molar-refractivity contribution in [2.24, 2.45) is 0 Å². The average molecular weight is 473 g/mol. The van der Waals surface area contributed by atoms with E-state index >= 15 is 4.39 Å². The smallest absolute Gasteiger partial charge is 0.272 e. The second-order valence-corrected chi connectivity index (χ2v) is 9.61. The number of benzene rings is 1. The van der Waals surface area contributed by atoms with Crippen LogP contribution in [0, 0.1) is 17.1 Å². The van der Waals surface area contributed by atoms with Gasteiger partial charge in [-0.05, 0) is 50.3 Å². The first-order valence-electron chi connectivity index (χ1n) is 12.0. The predicted molar refractivity (Wildman–Crippen MR) is 124 cm³/mol. The van der Waals surface area contributed by atoms with Gasteiger partial charge in [-0.1, -0.05) is 0 Å². The fraction of sp³-hybridized carbons (Fsp3) is 0.423. The number of likely N-dealkylation sites (N-methyl/N-ethyl adjacent to an activating group) is 1. The Balaban J connectivity index is 1.39. The first kappa shape index (κ1) is 21.9. The van der Waals surface area contributed by atoms with Gasteiger partial charge in [0.1, 0.15) is 17.3 Å². The van der Waals surface area contributed by atoms with E-state index in [2.05, 4.69) is 11.3 Å². The van der Waals surface area contributed by atoms with Gasteiger partial charge in [0.25, 0.3) is 5.91 Å². The van der Waals surface area contributed by atoms with E-state index in [1.165, 1.54) is 6.07 Å². The van der Waals surface area contributed by atoms with Crippen LogP contribution in [-0.2, 0) is 11.2 Å². The Morgan fingerprint density at radius 2 is 2.03 bits per heavy atom. The Kier molecular flexibility index (Phi) is 5.33. The van der Waals surface area contributed by atoms with Crippen LogP contribution in [0.3, 0.4) is 0 Å². The molecule has 9 heteroatoms. The summed E-state index contributed by atoms with van der Waals surface area (Å²) in [6, 6.07) is 6.82. The van der Waals surface area contributed by atoms with Gasteiger partial charge in [-0.3, -0.25) is 9.48 Å². The molecule has 178 valence electrons. The topological polar surface area (TPSA) is 96.9 Å². The van der Waals surface area contributed by atoms with E-state index in [-0.39, 0.29) is 29.1 Å². The number of nitrogens with zero attached hydrogens (tertiary/aromatic N) is 6. The van der Waals surface area contributed by atoms with E-state index in [1.54, 1.807) is 24.1 Å². The molecule has 2 aromatic heterocycles. The van der Waals surface area contributed by atoms with Crippen molar-refractivity contribution >= 4 is 5.91 Å². The number of aromatic nitrogens is 4. The van der Waals surface area contributed by atoms with Crippen LogP contribution >= 0.6 is 0 Å². The Bertz CT molecular complexity index is 1360. The van der Waals surface area contributed by atoms with E-state index in [0.29, 0.717) is 61.2 Å². The minimum absolute atomic E-state index is 0.0384. The number of hydrogen-bond acceptors (Lipinski definition) is 6. The Morgan fingerprint density at radius 1 is 1.20 bits per heavy atom. The Hall–Kier alpha value is -3.64. The minimum atomic E-state index is -0.528. The molecule has 2 fully saturated rings. The monoisotopic (exact) mass is 472 g/mol. The van der Waals surface area contributed by atoms with E-state index in [4.69, 9.17) is 20.0 Å². The molecule has 3 aliphatic rings. The molecular weight excluding hydrogens is 447 g/mol. The largest absolute Gasteiger partial charge is 0.373 e. The van der Waals surface area contributed by atoms with Crippen molar-refractivity contribution in [3.8, 4) is 17.3 Å². The van der Waals surface area contributed by atoms with Crippen LogP contribution in [0.15, 0.2) is 30.6 Å². The molecule has 1 aromatic carbocycles. The highest BCUT2D eigenvalue weighted by Gasteiger charge is 2.34. The van der Waals surface area contributed by atoms with Gasteiger partial charge in [0.05, 0.1) is 35.7 Å².